The summed E-state index contributed by atoms with van der Waals surface area (Å²) in [7, 11) is 0. The molecule has 0 nitrogen and oxygen atoms in total. The van der Waals surface area contributed by atoms with Crippen LogP contribution in [0.4, 0.5) is 0 Å². The Kier molecular flexibility index (Phi) is 109000. The van der Waals surface area contributed by atoms with Crippen LogP contribution in [0.15, 0.2) is 52.6 Å². The van der Waals surface area contributed by atoms with Gasteiger partial charge in [-0.2, -0.15) is 0 Å². The minimum Gasteiger partial charge on any atom is -0.106 e. The first-order valence-electron chi connectivity index (χ1n) is 2.00. The second-order valence-corrected chi connectivity index (χ2v) is 0. The first kappa shape index (κ1) is 36.6. The van der Waals surface area contributed by atoms with E-state index in [9.17, 15) is 0 Å². The quantitative estimate of drug-likeness (QED) is 0.469. The average Bonchev–Trinajstić information content (AvgIpc) is 2.03. The van der Waals surface area contributed by atoms with Gasteiger partial charge in [0.1, 0.15) is 0 Å². The molecule has 0 atom stereocenters. The minimum absolute atomic E-state index is 0. The van der Waals surface area contributed by atoms with Crippen LogP contribution < -0.4 is 0 Å². The summed E-state index contributed by atoms with van der Waals surface area (Å²) >= 11 is 0. The molecule has 0 aliphatic carbocycles. The van der Waals surface area contributed by atoms with Gasteiger partial charge in [0, 0.05) is 33.0 Å². The third-order valence-corrected chi connectivity index (χ3v) is 0. The smallest absolute Gasteiger partial charge is 0 e. The Morgan fingerprint density at radius 2 is 0.444 bits per heavy atom. The maximum absolute atomic E-state index is 3.00. The van der Waals surface area contributed by atoms with E-state index < -0.39 is 0 Å². The van der Waals surface area contributed by atoms with Crippen LogP contribution in [0.1, 0.15) is 5.71 Å². The molecule has 0 saturated heterocycles. The molecular weight excluding hydrogens is 303 g/mol. The Morgan fingerprint density at radius 3 is 0.444 bits per heavy atom. The van der Waals surface area contributed by atoms with Crippen LogP contribution in [0.3, 0.4) is 0 Å². The van der Waals surface area contributed by atoms with Crippen LogP contribution >= 0.6 is 0 Å². The largest absolute Gasteiger partial charge is 0.106 e. The Morgan fingerprint density at radius 1 is 0.444 bits per heavy atom. The van der Waals surface area contributed by atoms with E-state index in [4.69, 9.17) is 0 Å². The molecule has 0 bridgehead atoms. The first-order valence-corrected chi connectivity index (χ1v) is 2.00. The average molecular weight is 327 g/mol. The van der Waals surface area contributed by atoms with Crippen LogP contribution in [0.25, 0.3) is 0 Å². The van der Waals surface area contributed by atoms with Gasteiger partial charge in [0.05, 0.1) is 0 Å². The fourth-order valence-corrected chi connectivity index (χ4v) is 0. The van der Waals surface area contributed by atoms with E-state index in [-0.39, 0.29) is 33.0 Å². The first-order chi connectivity index (χ1) is 4.00. The maximum Gasteiger partial charge on any atom is 0 e. The zero-order valence-electron chi connectivity index (χ0n) is 6.16. The van der Waals surface area contributed by atoms with E-state index >= 15 is 0 Å². The third kappa shape index (κ3) is 19600. The van der Waals surface area contributed by atoms with Crippen LogP contribution in [0.5, 0.6) is 0 Å². The summed E-state index contributed by atoms with van der Waals surface area (Å²) < 4.78 is 0. The summed E-state index contributed by atoms with van der Waals surface area (Å²) in [4.78, 5) is 0. The molecule has 1 heteroatoms. The van der Waals surface area contributed by atoms with Gasteiger partial charge in [-0.05, 0) is 0 Å². The minimum atomic E-state index is 0. The monoisotopic (exact) mass is 328 g/mol. The second kappa shape index (κ2) is 26800. The molecule has 0 aromatic carbocycles. The van der Waals surface area contributed by atoms with Gasteiger partial charge in [0.2, 0.25) is 0 Å². The van der Waals surface area contributed by atoms with E-state index in [0.717, 1.165) is 0 Å². The molecule has 60 valence electrons. The molecule has 0 aliphatic heterocycles. The van der Waals surface area contributed by atoms with E-state index in [1.807, 2.05) is 0 Å². The zero-order chi connectivity index (χ0) is 8.00. The van der Waals surface area contributed by atoms with Crippen molar-refractivity contribution in [1.82, 2.24) is 0 Å². The third-order valence-electron chi connectivity index (χ3n) is 0. The molecule has 0 rings (SSSR count). The molecule has 0 N–H and O–H groups in total. The molecular formula is C8H24Pb. The molecule has 0 heterocycles. The Balaban J connectivity index is -0.00000000208. The number of rotatable bonds is 0. The second-order valence-electron chi connectivity index (χ2n) is 0. The van der Waals surface area contributed by atoms with Gasteiger partial charge in [0.15, 0.2) is 0 Å². The predicted octanol–water partition coefficient (Wildman–Crippen LogP) is 3.81. The topological polar surface area (TPSA) is 0 Å². The van der Waals surface area contributed by atoms with Crippen LogP contribution in [-0.4, -0.2) is 27.3 Å². The molecule has 9 heavy (non-hydrogen) atoms. The summed E-state index contributed by atoms with van der Waals surface area (Å²) in [6.45, 7) is 24.0. The molecule has 0 fully saturated rings. The van der Waals surface area contributed by atoms with E-state index in [1.165, 1.54) is 0 Å². The van der Waals surface area contributed by atoms with Crippen molar-refractivity contribution >= 4 is 27.3 Å². The van der Waals surface area contributed by atoms with Gasteiger partial charge in [-0.15, -0.1) is 52.6 Å². The van der Waals surface area contributed by atoms with Crippen LogP contribution in [0.2, 0.25) is 0 Å². The summed E-state index contributed by atoms with van der Waals surface area (Å²) in [5.41, 5.74) is 0. The summed E-state index contributed by atoms with van der Waals surface area (Å²) in [6.07, 6.45) is 0. The van der Waals surface area contributed by atoms with Crippen molar-refractivity contribution in [3.63, 3.8) is 0 Å². The molecule has 0 spiro atoms. The van der Waals surface area contributed by atoms with Crippen molar-refractivity contribution in [2.24, 2.45) is 0 Å². The van der Waals surface area contributed by atoms with Crippen LogP contribution in [0, 0.1) is 0 Å². The Bertz CT molecular complexity index is 24.1. The molecule has 0 amide bonds. The fraction of sp³-hybridized carbons (Fsp3) is 0. The summed E-state index contributed by atoms with van der Waals surface area (Å²) in [5, 5.41) is 0. The van der Waals surface area contributed by atoms with Gasteiger partial charge in [-0.3, -0.25) is 0 Å². The number of hydrogen-bond donors (Lipinski definition) is 0. The van der Waals surface area contributed by atoms with Crippen molar-refractivity contribution in [1.29, 1.82) is 0 Å². The molecule has 0 saturated carbocycles. The van der Waals surface area contributed by atoms with Gasteiger partial charge >= 0.3 is 0 Å². The standard InChI is InChI=1S/4C2H4.Pb.4H2/c4*1-2;;;;;/h4*1-2H2;;4*1H. The molecule has 4 radical (unpaired) electrons. The van der Waals surface area contributed by atoms with Crippen molar-refractivity contribution in [2.75, 3.05) is 0 Å². The van der Waals surface area contributed by atoms with Crippen molar-refractivity contribution in [2.45, 2.75) is 0 Å². The molecule has 0 aliphatic rings. The van der Waals surface area contributed by atoms with E-state index in [1.54, 1.807) is 0 Å². The Labute approximate surface area is 85.8 Å². The van der Waals surface area contributed by atoms with E-state index in [2.05, 4.69) is 52.6 Å². The van der Waals surface area contributed by atoms with Gasteiger partial charge in [0.25, 0.3) is 0 Å². The SMILES string of the molecule is C=C.C=C.C=C.C=C.[HH].[HH].[HH].[HH].[Pb]. The zero-order valence-corrected chi connectivity index (χ0v) is 10.0. The van der Waals surface area contributed by atoms with Crippen molar-refractivity contribution in [3.05, 3.63) is 52.6 Å². The van der Waals surface area contributed by atoms with E-state index in [0.29, 0.717) is 0 Å². The van der Waals surface area contributed by atoms with Crippen molar-refractivity contribution in [3.8, 4) is 0 Å². The molecule has 0 aromatic rings. The van der Waals surface area contributed by atoms with Gasteiger partial charge in [-0.1, -0.05) is 0 Å². The molecule has 0 aromatic heterocycles. The summed E-state index contributed by atoms with van der Waals surface area (Å²) in [6, 6.07) is 0. The van der Waals surface area contributed by atoms with Gasteiger partial charge < -0.3 is 0 Å². The maximum atomic E-state index is 3.00. The van der Waals surface area contributed by atoms with Crippen LogP contribution in [-0.2, 0) is 0 Å². The summed E-state index contributed by atoms with van der Waals surface area (Å²) in [5.74, 6) is 0. The van der Waals surface area contributed by atoms with Crippen molar-refractivity contribution < 1.29 is 5.71 Å². The normalized spacial score (nSPS) is 1.78. The fourth-order valence-electron chi connectivity index (χ4n) is 0. The molecule has 0 unspecified atom stereocenters. The van der Waals surface area contributed by atoms with Gasteiger partial charge in [-0.25, -0.2) is 0 Å². The Hall–Kier alpha value is -0.118. The predicted molar refractivity (Wildman–Crippen MR) is 59.2 cm³/mol. The number of hydrogen-bond acceptors (Lipinski definition) is 0.